The van der Waals surface area contributed by atoms with Crippen LogP contribution in [0.1, 0.15) is 33.6 Å². The minimum atomic E-state index is -0.524. The molecule has 24 heavy (non-hydrogen) atoms. The van der Waals surface area contributed by atoms with Gasteiger partial charge in [-0.3, -0.25) is 19.7 Å². The van der Waals surface area contributed by atoms with Crippen LogP contribution in [-0.4, -0.2) is 22.8 Å². The van der Waals surface area contributed by atoms with E-state index >= 15 is 0 Å². The van der Waals surface area contributed by atoms with Gasteiger partial charge in [-0.2, -0.15) is 0 Å². The molecule has 0 unspecified atom stereocenters. The van der Waals surface area contributed by atoms with Crippen molar-refractivity contribution in [1.29, 1.82) is 0 Å². The monoisotopic (exact) mass is 325 g/mol. The van der Waals surface area contributed by atoms with Gasteiger partial charge in [0, 0.05) is 35.0 Å². The molecule has 0 spiro atoms. The van der Waals surface area contributed by atoms with Gasteiger partial charge in [-0.05, 0) is 43.2 Å². The van der Waals surface area contributed by atoms with Crippen molar-refractivity contribution in [3.8, 4) is 0 Å². The molecule has 2 N–H and O–H groups in total. The Morgan fingerprint density at radius 3 is 2.33 bits per heavy atom. The van der Waals surface area contributed by atoms with Crippen LogP contribution in [-0.2, 0) is 0 Å². The summed E-state index contributed by atoms with van der Waals surface area (Å²) in [4.78, 5) is 34.3. The molecule has 1 aliphatic rings. The van der Waals surface area contributed by atoms with Gasteiger partial charge in [0.05, 0.1) is 4.92 Å². The first-order valence-electron chi connectivity index (χ1n) is 7.49. The molecule has 122 valence electrons. The van der Waals surface area contributed by atoms with E-state index < -0.39 is 10.8 Å². The van der Waals surface area contributed by atoms with Gasteiger partial charge in [0.15, 0.2) is 0 Å². The van der Waals surface area contributed by atoms with E-state index in [4.69, 9.17) is 0 Å². The number of amides is 2. The summed E-state index contributed by atoms with van der Waals surface area (Å²) in [6.45, 7) is 0. The molecule has 1 fully saturated rings. The van der Waals surface area contributed by atoms with Gasteiger partial charge >= 0.3 is 0 Å². The predicted molar refractivity (Wildman–Crippen MR) is 88.0 cm³/mol. The number of benzene rings is 2. The van der Waals surface area contributed by atoms with Crippen molar-refractivity contribution in [2.75, 3.05) is 5.32 Å². The van der Waals surface area contributed by atoms with E-state index in [9.17, 15) is 19.7 Å². The smallest absolute Gasteiger partial charge is 0.269 e. The van der Waals surface area contributed by atoms with Gasteiger partial charge in [-0.25, -0.2) is 0 Å². The average Bonchev–Trinajstić information content (AvgIpc) is 3.39. The van der Waals surface area contributed by atoms with Gasteiger partial charge in [-0.1, -0.05) is 6.07 Å². The summed E-state index contributed by atoms with van der Waals surface area (Å²) in [5.41, 5.74) is 1.18. The number of nitro groups is 1. The molecular weight excluding hydrogens is 310 g/mol. The highest BCUT2D eigenvalue weighted by molar-refractivity contribution is 6.05. The van der Waals surface area contributed by atoms with Crippen LogP contribution in [0.15, 0.2) is 48.5 Å². The summed E-state index contributed by atoms with van der Waals surface area (Å²) in [5.74, 6) is -0.561. The lowest BCUT2D eigenvalue weighted by Gasteiger charge is -2.08. The molecule has 0 bridgehead atoms. The zero-order valence-corrected chi connectivity index (χ0v) is 12.7. The quantitative estimate of drug-likeness (QED) is 0.652. The number of hydrogen-bond donors (Lipinski definition) is 2. The number of anilines is 1. The van der Waals surface area contributed by atoms with E-state index in [1.807, 2.05) is 0 Å². The fourth-order valence-electron chi connectivity index (χ4n) is 2.17. The number of nitrogens with zero attached hydrogens (tertiary/aromatic N) is 1. The van der Waals surface area contributed by atoms with Crippen LogP contribution in [0.4, 0.5) is 11.4 Å². The third kappa shape index (κ3) is 3.75. The van der Waals surface area contributed by atoms with Gasteiger partial charge < -0.3 is 10.6 Å². The van der Waals surface area contributed by atoms with E-state index in [2.05, 4.69) is 10.6 Å². The molecule has 0 heterocycles. The first-order chi connectivity index (χ1) is 11.5. The lowest BCUT2D eigenvalue weighted by atomic mass is 10.1. The molecule has 3 rings (SSSR count). The molecule has 0 aliphatic heterocycles. The van der Waals surface area contributed by atoms with Crippen molar-refractivity contribution < 1.29 is 14.5 Å². The maximum Gasteiger partial charge on any atom is 0.269 e. The first kappa shape index (κ1) is 15.7. The number of carbonyl (C=O) groups excluding carboxylic acids is 2. The largest absolute Gasteiger partial charge is 0.349 e. The minimum Gasteiger partial charge on any atom is -0.349 e. The van der Waals surface area contributed by atoms with E-state index in [0.717, 1.165) is 12.8 Å². The summed E-state index contributed by atoms with van der Waals surface area (Å²) >= 11 is 0. The SMILES string of the molecule is O=C(Nc1cccc(C(=O)NC2CC2)c1)c1ccc([N+](=O)[O-])cc1. The highest BCUT2D eigenvalue weighted by Crippen LogP contribution is 2.20. The Morgan fingerprint density at radius 1 is 1.00 bits per heavy atom. The fraction of sp³-hybridized carbons (Fsp3) is 0.176. The number of non-ortho nitro benzene ring substituents is 1. The number of nitrogens with one attached hydrogen (secondary N) is 2. The zero-order valence-electron chi connectivity index (χ0n) is 12.7. The van der Waals surface area contributed by atoms with Crippen LogP contribution in [0, 0.1) is 10.1 Å². The molecule has 1 saturated carbocycles. The second-order valence-electron chi connectivity index (χ2n) is 5.59. The molecule has 0 radical (unpaired) electrons. The van der Waals surface area contributed by atoms with E-state index in [1.165, 1.54) is 24.3 Å². The molecule has 2 aromatic rings. The lowest BCUT2D eigenvalue weighted by molar-refractivity contribution is -0.384. The van der Waals surface area contributed by atoms with Crippen molar-refractivity contribution in [2.24, 2.45) is 0 Å². The van der Waals surface area contributed by atoms with Crippen LogP contribution in [0.2, 0.25) is 0 Å². The second-order valence-corrected chi connectivity index (χ2v) is 5.59. The summed E-state index contributed by atoms with van der Waals surface area (Å²) in [7, 11) is 0. The van der Waals surface area contributed by atoms with Crippen molar-refractivity contribution in [3.63, 3.8) is 0 Å². The minimum absolute atomic E-state index is 0.0784. The Balaban J connectivity index is 1.69. The maximum atomic E-state index is 12.2. The maximum absolute atomic E-state index is 12.2. The fourth-order valence-corrected chi connectivity index (χ4v) is 2.17. The number of hydrogen-bond acceptors (Lipinski definition) is 4. The van der Waals surface area contributed by atoms with Crippen LogP contribution in [0.25, 0.3) is 0 Å². The highest BCUT2D eigenvalue weighted by atomic mass is 16.6. The summed E-state index contributed by atoms with van der Waals surface area (Å²) in [6.07, 6.45) is 2.00. The molecule has 2 amide bonds. The first-order valence-corrected chi connectivity index (χ1v) is 7.49. The van der Waals surface area contributed by atoms with Crippen molar-refractivity contribution in [1.82, 2.24) is 5.32 Å². The Labute approximate surface area is 137 Å². The van der Waals surface area contributed by atoms with Crippen molar-refractivity contribution >= 4 is 23.2 Å². The zero-order chi connectivity index (χ0) is 17.1. The number of nitro benzene ring substituents is 1. The Bertz CT molecular complexity index is 798. The molecule has 1 aliphatic carbocycles. The molecule has 7 heteroatoms. The van der Waals surface area contributed by atoms with Crippen molar-refractivity contribution in [2.45, 2.75) is 18.9 Å². The summed E-state index contributed by atoms with van der Waals surface area (Å²) < 4.78 is 0. The van der Waals surface area contributed by atoms with E-state index in [0.29, 0.717) is 16.8 Å². The summed E-state index contributed by atoms with van der Waals surface area (Å²) in [5, 5.41) is 16.2. The highest BCUT2D eigenvalue weighted by Gasteiger charge is 2.23. The third-order valence-corrected chi connectivity index (χ3v) is 3.64. The predicted octanol–water partition coefficient (Wildman–Crippen LogP) is 2.74. The summed E-state index contributed by atoms with van der Waals surface area (Å²) in [6, 6.07) is 12.2. The Morgan fingerprint density at radius 2 is 1.71 bits per heavy atom. The lowest BCUT2D eigenvalue weighted by Crippen LogP contribution is -2.25. The number of carbonyl (C=O) groups is 2. The van der Waals surface area contributed by atoms with Crippen LogP contribution in [0.5, 0.6) is 0 Å². The Hall–Kier alpha value is -3.22. The van der Waals surface area contributed by atoms with Gasteiger partial charge in [0.2, 0.25) is 0 Å². The average molecular weight is 325 g/mol. The van der Waals surface area contributed by atoms with E-state index in [1.54, 1.807) is 24.3 Å². The van der Waals surface area contributed by atoms with Crippen LogP contribution < -0.4 is 10.6 Å². The van der Waals surface area contributed by atoms with E-state index in [-0.39, 0.29) is 17.6 Å². The second kappa shape index (κ2) is 6.49. The van der Waals surface area contributed by atoms with Crippen molar-refractivity contribution in [3.05, 3.63) is 69.8 Å². The number of rotatable bonds is 5. The molecule has 0 atom stereocenters. The molecule has 0 saturated heterocycles. The standard InChI is InChI=1S/C17H15N3O4/c21-16(11-4-8-15(9-5-11)20(23)24)19-14-3-1-2-12(10-14)17(22)18-13-6-7-13/h1-5,8-10,13H,6-7H2,(H,18,22)(H,19,21). The molecule has 7 nitrogen and oxygen atoms in total. The molecule has 2 aromatic carbocycles. The molecule has 0 aromatic heterocycles. The topological polar surface area (TPSA) is 101 Å². The van der Waals surface area contributed by atoms with Gasteiger partial charge in [0.25, 0.3) is 17.5 Å². The van der Waals surface area contributed by atoms with Gasteiger partial charge in [0.1, 0.15) is 0 Å². The van der Waals surface area contributed by atoms with Crippen LogP contribution in [0.3, 0.4) is 0 Å². The third-order valence-electron chi connectivity index (χ3n) is 3.64. The van der Waals surface area contributed by atoms with Crippen LogP contribution >= 0.6 is 0 Å². The molecular formula is C17H15N3O4. The van der Waals surface area contributed by atoms with Gasteiger partial charge in [-0.15, -0.1) is 0 Å². The Kier molecular flexibility index (Phi) is 4.24. The normalized spacial score (nSPS) is 13.2.